The van der Waals surface area contributed by atoms with E-state index in [1.807, 2.05) is 36.4 Å². The Balaban J connectivity index is 1.85. The highest BCUT2D eigenvalue weighted by Gasteiger charge is 2.39. The van der Waals surface area contributed by atoms with E-state index in [4.69, 9.17) is 21.2 Å². The molecular formula is C20H19ClN2O4. The first kappa shape index (κ1) is 18.9. The van der Waals surface area contributed by atoms with E-state index in [0.29, 0.717) is 22.7 Å². The van der Waals surface area contributed by atoms with Crippen LogP contribution in [-0.4, -0.2) is 49.3 Å². The smallest absolute Gasteiger partial charge is 0.329 e. The van der Waals surface area contributed by atoms with E-state index in [1.165, 1.54) is 19.1 Å². The summed E-state index contributed by atoms with van der Waals surface area (Å²) in [7, 11) is 2.73. The number of amides is 1. The zero-order valence-corrected chi connectivity index (χ0v) is 15.8. The minimum atomic E-state index is -0.709. The maximum atomic E-state index is 12.9. The van der Waals surface area contributed by atoms with Crippen LogP contribution in [0.1, 0.15) is 16.8 Å². The quantitative estimate of drug-likeness (QED) is 0.596. The summed E-state index contributed by atoms with van der Waals surface area (Å²) in [4.78, 5) is 31.2. The molecule has 27 heavy (non-hydrogen) atoms. The Morgan fingerprint density at radius 1 is 1.11 bits per heavy atom. The van der Waals surface area contributed by atoms with Gasteiger partial charge in [0.2, 0.25) is 0 Å². The minimum absolute atomic E-state index is 0.221. The molecule has 1 saturated heterocycles. The first-order valence-corrected chi connectivity index (χ1v) is 8.75. The third-order valence-electron chi connectivity index (χ3n) is 4.43. The first-order chi connectivity index (χ1) is 13.0. The molecule has 1 amide bonds. The van der Waals surface area contributed by atoms with E-state index >= 15 is 0 Å². The fourth-order valence-corrected chi connectivity index (χ4v) is 3.36. The molecule has 0 unspecified atom stereocenters. The lowest BCUT2D eigenvalue weighted by molar-refractivity contribution is -0.145. The maximum absolute atomic E-state index is 12.9. The first-order valence-electron chi connectivity index (χ1n) is 8.37. The molecule has 1 aliphatic heterocycles. The molecule has 0 radical (unpaired) electrons. The zero-order chi connectivity index (χ0) is 19.4. The van der Waals surface area contributed by atoms with Gasteiger partial charge in [-0.05, 0) is 23.8 Å². The highest BCUT2D eigenvalue weighted by Crippen LogP contribution is 2.28. The van der Waals surface area contributed by atoms with E-state index in [2.05, 4.69) is 5.16 Å². The number of likely N-dealkylation sites (tertiary alicyclic amines) is 1. The lowest BCUT2D eigenvalue weighted by Crippen LogP contribution is -2.41. The molecule has 6 nitrogen and oxygen atoms in total. The van der Waals surface area contributed by atoms with Crippen molar-refractivity contribution in [2.75, 3.05) is 20.8 Å². The molecular weight excluding hydrogens is 368 g/mol. The van der Waals surface area contributed by atoms with Crippen molar-refractivity contribution in [3.8, 4) is 11.1 Å². The maximum Gasteiger partial charge on any atom is 0.329 e. The van der Waals surface area contributed by atoms with E-state index in [0.717, 1.165) is 11.1 Å². The van der Waals surface area contributed by atoms with Crippen molar-refractivity contribution in [2.45, 2.75) is 12.5 Å². The van der Waals surface area contributed by atoms with Crippen LogP contribution in [0.2, 0.25) is 5.02 Å². The summed E-state index contributed by atoms with van der Waals surface area (Å²) in [5, 5.41) is 4.52. The van der Waals surface area contributed by atoms with Crippen LogP contribution in [0, 0.1) is 0 Å². The number of carbonyl (C=O) groups is 2. The molecule has 7 heteroatoms. The molecule has 1 aliphatic rings. The molecule has 0 bridgehead atoms. The number of carbonyl (C=O) groups excluding carboxylic acids is 2. The highest BCUT2D eigenvalue weighted by molar-refractivity contribution is 6.33. The van der Waals surface area contributed by atoms with Gasteiger partial charge in [-0.15, -0.1) is 0 Å². The number of hydrogen-bond acceptors (Lipinski definition) is 5. The van der Waals surface area contributed by atoms with Gasteiger partial charge in [0.05, 0.1) is 19.4 Å². The van der Waals surface area contributed by atoms with Gasteiger partial charge in [0, 0.05) is 22.6 Å². The number of ether oxygens (including phenoxy) is 1. The molecule has 0 aliphatic carbocycles. The van der Waals surface area contributed by atoms with E-state index in [1.54, 1.807) is 12.1 Å². The average Bonchev–Trinajstić information content (AvgIpc) is 3.11. The van der Waals surface area contributed by atoms with Crippen LogP contribution in [0.3, 0.4) is 0 Å². The number of halogens is 1. The van der Waals surface area contributed by atoms with Crippen LogP contribution in [0.25, 0.3) is 11.1 Å². The second kappa shape index (κ2) is 8.22. The van der Waals surface area contributed by atoms with Crippen molar-refractivity contribution in [1.29, 1.82) is 0 Å². The molecule has 2 aromatic carbocycles. The summed E-state index contributed by atoms with van der Waals surface area (Å²) in [6.45, 7) is 0.221. The fraction of sp³-hybridized carbons (Fsp3) is 0.250. The van der Waals surface area contributed by atoms with Crippen molar-refractivity contribution < 1.29 is 19.2 Å². The lowest BCUT2D eigenvalue weighted by Gasteiger charge is -2.22. The third kappa shape index (κ3) is 3.95. The third-order valence-corrected chi connectivity index (χ3v) is 4.76. The predicted molar refractivity (Wildman–Crippen MR) is 103 cm³/mol. The van der Waals surface area contributed by atoms with E-state index < -0.39 is 12.0 Å². The Morgan fingerprint density at radius 3 is 2.44 bits per heavy atom. The number of oxime groups is 1. The number of esters is 1. The number of benzene rings is 2. The number of hydrogen-bond donors (Lipinski definition) is 0. The van der Waals surface area contributed by atoms with Gasteiger partial charge in [0.25, 0.3) is 5.91 Å². The summed E-state index contributed by atoms with van der Waals surface area (Å²) < 4.78 is 4.82. The van der Waals surface area contributed by atoms with Crippen LogP contribution < -0.4 is 0 Å². The van der Waals surface area contributed by atoms with Crippen LogP contribution in [-0.2, 0) is 14.4 Å². The molecule has 1 heterocycles. The monoisotopic (exact) mass is 386 g/mol. The van der Waals surface area contributed by atoms with Gasteiger partial charge in [-0.25, -0.2) is 4.79 Å². The summed E-state index contributed by atoms with van der Waals surface area (Å²) in [6.07, 6.45) is 0.296. The molecule has 1 atom stereocenters. The van der Waals surface area contributed by atoms with Crippen LogP contribution >= 0.6 is 11.6 Å². The summed E-state index contributed by atoms with van der Waals surface area (Å²) in [5.74, 6) is -0.741. The number of rotatable bonds is 4. The Labute approximate surface area is 162 Å². The van der Waals surface area contributed by atoms with Crippen LogP contribution in [0.4, 0.5) is 0 Å². The van der Waals surface area contributed by atoms with Gasteiger partial charge in [0.15, 0.2) is 0 Å². The van der Waals surface area contributed by atoms with Gasteiger partial charge >= 0.3 is 5.97 Å². The van der Waals surface area contributed by atoms with Crippen molar-refractivity contribution in [3.05, 3.63) is 59.1 Å². The van der Waals surface area contributed by atoms with Gasteiger partial charge in [0.1, 0.15) is 13.2 Å². The van der Waals surface area contributed by atoms with Crippen LogP contribution in [0.5, 0.6) is 0 Å². The molecule has 0 aromatic heterocycles. The summed E-state index contributed by atoms with van der Waals surface area (Å²) in [5.41, 5.74) is 2.89. The van der Waals surface area contributed by atoms with Crippen molar-refractivity contribution in [1.82, 2.24) is 4.90 Å². The molecule has 0 spiro atoms. The fourth-order valence-electron chi connectivity index (χ4n) is 3.11. The average molecular weight is 387 g/mol. The molecule has 2 aromatic rings. The lowest BCUT2D eigenvalue weighted by atomic mass is 10.0. The van der Waals surface area contributed by atoms with Gasteiger partial charge in [-0.1, -0.05) is 47.1 Å². The standard InChI is InChI=1S/C20H19ClN2O4/c1-26-20(25)18-11-15(22-27-2)12-23(18)19(24)14-9-7-13(8-10-14)16-5-3-4-6-17(16)21/h3-10,18H,11-12H2,1-2H3/t18-/m0/s1. The van der Waals surface area contributed by atoms with Gasteiger partial charge < -0.3 is 14.5 Å². The van der Waals surface area contributed by atoms with Crippen LogP contribution in [0.15, 0.2) is 53.7 Å². The normalized spacial score (nSPS) is 17.8. The summed E-state index contributed by atoms with van der Waals surface area (Å²) in [6, 6.07) is 13.9. The second-order valence-electron chi connectivity index (χ2n) is 6.07. The molecule has 1 fully saturated rings. The van der Waals surface area contributed by atoms with Gasteiger partial charge in [-0.2, -0.15) is 0 Å². The Kier molecular flexibility index (Phi) is 5.76. The molecule has 3 rings (SSSR count). The Hall–Kier alpha value is -2.86. The Bertz CT molecular complexity index is 880. The zero-order valence-electron chi connectivity index (χ0n) is 15.0. The Morgan fingerprint density at radius 2 is 1.81 bits per heavy atom. The molecule has 0 saturated carbocycles. The minimum Gasteiger partial charge on any atom is -0.467 e. The van der Waals surface area contributed by atoms with Gasteiger partial charge in [-0.3, -0.25) is 4.79 Å². The molecule has 0 N–H and O–H groups in total. The topological polar surface area (TPSA) is 68.2 Å². The van der Waals surface area contributed by atoms with Crippen molar-refractivity contribution in [3.63, 3.8) is 0 Å². The molecule has 140 valence electrons. The van der Waals surface area contributed by atoms with Crippen molar-refractivity contribution in [2.24, 2.45) is 5.16 Å². The van der Waals surface area contributed by atoms with E-state index in [9.17, 15) is 9.59 Å². The SMILES string of the molecule is CON=C1C[C@@H](C(=O)OC)N(C(=O)c2ccc(-c3ccccc3Cl)cc2)C1. The summed E-state index contributed by atoms with van der Waals surface area (Å²) >= 11 is 6.23. The number of nitrogens with zero attached hydrogens (tertiary/aromatic N) is 2. The van der Waals surface area contributed by atoms with E-state index in [-0.39, 0.29) is 12.5 Å². The number of methoxy groups -OCH3 is 1. The van der Waals surface area contributed by atoms with Crippen molar-refractivity contribution >= 4 is 29.2 Å². The largest absolute Gasteiger partial charge is 0.467 e. The predicted octanol–water partition coefficient (Wildman–Crippen LogP) is 3.40. The second-order valence-corrected chi connectivity index (χ2v) is 6.48. The highest BCUT2D eigenvalue weighted by atomic mass is 35.5.